The molecule has 0 N–H and O–H groups in total. The summed E-state index contributed by atoms with van der Waals surface area (Å²) in [7, 11) is 1.61. The third-order valence-corrected chi connectivity index (χ3v) is 5.41. The largest absolute Gasteiger partial charge is 0.497 e. The summed E-state index contributed by atoms with van der Waals surface area (Å²) in [6.07, 6.45) is 2.08. The van der Waals surface area contributed by atoms with E-state index in [1.165, 1.54) is 4.90 Å². The number of ether oxygens (including phenoxy) is 1. The average Bonchev–Trinajstić information content (AvgIpc) is 3.32. The highest BCUT2D eigenvalue weighted by Crippen LogP contribution is 2.34. The highest BCUT2D eigenvalue weighted by atomic mass is 16.5. The van der Waals surface area contributed by atoms with Gasteiger partial charge in [0.1, 0.15) is 11.4 Å². The Morgan fingerprint density at radius 3 is 2.14 bits per heavy atom. The molecular formula is C23H24N2O3. The summed E-state index contributed by atoms with van der Waals surface area (Å²) < 4.78 is 5.23. The van der Waals surface area contributed by atoms with Crippen LogP contribution in [0.1, 0.15) is 29.5 Å². The molecule has 0 atom stereocenters. The highest BCUT2D eigenvalue weighted by Gasteiger charge is 2.42. The summed E-state index contributed by atoms with van der Waals surface area (Å²) in [4.78, 5) is 30.0. The zero-order valence-electron chi connectivity index (χ0n) is 16.3. The molecule has 2 aromatic carbocycles. The van der Waals surface area contributed by atoms with Gasteiger partial charge in [-0.15, -0.1) is 0 Å². The Kier molecular flexibility index (Phi) is 4.90. The first-order valence-corrected chi connectivity index (χ1v) is 9.64. The van der Waals surface area contributed by atoms with Gasteiger partial charge in [-0.1, -0.05) is 42.0 Å². The molecule has 2 aromatic rings. The van der Waals surface area contributed by atoms with Crippen LogP contribution in [-0.2, 0) is 16.1 Å². The summed E-state index contributed by atoms with van der Waals surface area (Å²) in [5, 5.41) is 0. The van der Waals surface area contributed by atoms with Gasteiger partial charge in [0.15, 0.2) is 0 Å². The van der Waals surface area contributed by atoms with E-state index in [1.807, 2.05) is 55.5 Å². The smallest absolute Gasteiger partial charge is 0.278 e. The van der Waals surface area contributed by atoms with Crippen molar-refractivity contribution in [3.8, 4) is 5.75 Å². The van der Waals surface area contributed by atoms with Gasteiger partial charge < -0.3 is 9.64 Å². The molecule has 28 heavy (non-hydrogen) atoms. The molecule has 0 spiro atoms. The van der Waals surface area contributed by atoms with Gasteiger partial charge in [0.05, 0.1) is 19.2 Å². The van der Waals surface area contributed by atoms with Crippen LogP contribution in [0.2, 0.25) is 0 Å². The monoisotopic (exact) mass is 376 g/mol. The predicted octanol–water partition coefficient (Wildman–Crippen LogP) is 3.38. The van der Waals surface area contributed by atoms with Crippen LogP contribution in [-0.4, -0.2) is 41.8 Å². The number of imide groups is 1. The van der Waals surface area contributed by atoms with Crippen molar-refractivity contribution in [2.75, 3.05) is 20.2 Å². The third kappa shape index (κ3) is 3.28. The SMILES string of the molecule is COc1ccc(C2=C(N3CCCC3)C(=O)N(Cc3ccc(C)cc3)C2=O)cc1. The maximum Gasteiger partial charge on any atom is 0.278 e. The van der Waals surface area contributed by atoms with Gasteiger partial charge in [-0.2, -0.15) is 0 Å². The van der Waals surface area contributed by atoms with Crippen LogP contribution in [0.25, 0.3) is 5.57 Å². The molecule has 5 nitrogen and oxygen atoms in total. The molecule has 1 saturated heterocycles. The predicted molar refractivity (Wildman–Crippen MR) is 107 cm³/mol. The number of likely N-dealkylation sites (tertiary alicyclic amines) is 1. The normalized spacial score (nSPS) is 17.1. The number of benzene rings is 2. The summed E-state index contributed by atoms with van der Waals surface area (Å²) in [5.74, 6) is 0.302. The first-order valence-electron chi connectivity index (χ1n) is 9.64. The van der Waals surface area contributed by atoms with E-state index in [9.17, 15) is 9.59 Å². The molecule has 2 amide bonds. The van der Waals surface area contributed by atoms with Gasteiger partial charge in [0.25, 0.3) is 11.8 Å². The van der Waals surface area contributed by atoms with Gasteiger partial charge in [-0.05, 0) is 43.0 Å². The second-order valence-electron chi connectivity index (χ2n) is 7.33. The van der Waals surface area contributed by atoms with Crippen molar-refractivity contribution in [2.24, 2.45) is 0 Å². The Morgan fingerprint density at radius 2 is 1.54 bits per heavy atom. The fourth-order valence-electron chi connectivity index (χ4n) is 3.83. The molecule has 0 saturated carbocycles. The van der Waals surface area contributed by atoms with Crippen LogP contribution in [0.3, 0.4) is 0 Å². The summed E-state index contributed by atoms with van der Waals surface area (Å²) in [6.45, 7) is 3.93. The molecule has 0 unspecified atom stereocenters. The minimum atomic E-state index is -0.224. The molecule has 0 radical (unpaired) electrons. The van der Waals surface area contributed by atoms with E-state index in [2.05, 4.69) is 4.90 Å². The van der Waals surface area contributed by atoms with E-state index in [4.69, 9.17) is 4.74 Å². The van der Waals surface area contributed by atoms with Crippen molar-refractivity contribution >= 4 is 17.4 Å². The molecule has 4 rings (SSSR count). The quantitative estimate of drug-likeness (QED) is 0.751. The van der Waals surface area contributed by atoms with Gasteiger partial charge >= 0.3 is 0 Å². The standard InChI is InChI=1S/C23H24N2O3/c1-16-5-7-17(8-6-16)15-25-22(26)20(18-9-11-19(28-2)12-10-18)21(23(25)27)24-13-3-4-14-24/h5-12H,3-4,13-15H2,1-2H3. The van der Waals surface area contributed by atoms with Crippen molar-refractivity contribution in [2.45, 2.75) is 26.3 Å². The number of hydrogen-bond donors (Lipinski definition) is 0. The van der Waals surface area contributed by atoms with Gasteiger partial charge in [-0.3, -0.25) is 14.5 Å². The number of amides is 2. The Balaban J connectivity index is 1.71. The maximum absolute atomic E-state index is 13.3. The topological polar surface area (TPSA) is 49.9 Å². The summed E-state index contributed by atoms with van der Waals surface area (Å²) in [5.41, 5.74) is 3.90. The van der Waals surface area contributed by atoms with Gasteiger partial charge in [-0.25, -0.2) is 0 Å². The molecule has 1 fully saturated rings. The number of carbonyl (C=O) groups excluding carboxylic acids is 2. The lowest BCUT2D eigenvalue weighted by molar-refractivity contribution is -0.138. The van der Waals surface area contributed by atoms with Crippen molar-refractivity contribution in [3.05, 3.63) is 70.9 Å². The van der Waals surface area contributed by atoms with Crippen molar-refractivity contribution < 1.29 is 14.3 Å². The molecule has 0 aliphatic carbocycles. The lowest BCUT2D eigenvalue weighted by atomic mass is 10.0. The number of nitrogens with zero attached hydrogens (tertiary/aromatic N) is 2. The van der Waals surface area contributed by atoms with Crippen LogP contribution in [0.4, 0.5) is 0 Å². The first kappa shape index (κ1) is 18.3. The molecular weight excluding hydrogens is 352 g/mol. The van der Waals surface area contributed by atoms with Gasteiger partial charge in [0, 0.05) is 13.1 Å². The number of aryl methyl sites for hydroxylation is 1. The van der Waals surface area contributed by atoms with Crippen molar-refractivity contribution in [1.82, 2.24) is 9.80 Å². The third-order valence-electron chi connectivity index (χ3n) is 5.41. The van der Waals surface area contributed by atoms with E-state index in [1.54, 1.807) is 7.11 Å². The Morgan fingerprint density at radius 1 is 0.893 bits per heavy atom. The van der Waals surface area contributed by atoms with E-state index in [0.29, 0.717) is 11.3 Å². The van der Waals surface area contributed by atoms with E-state index in [-0.39, 0.29) is 18.4 Å². The van der Waals surface area contributed by atoms with Crippen LogP contribution >= 0.6 is 0 Å². The van der Waals surface area contributed by atoms with E-state index in [0.717, 1.165) is 48.4 Å². The minimum absolute atomic E-state index is 0.196. The zero-order valence-corrected chi connectivity index (χ0v) is 16.3. The van der Waals surface area contributed by atoms with Crippen LogP contribution in [0, 0.1) is 6.92 Å². The number of carbonyl (C=O) groups is 2. The molecule has 2 aliphatic heterocycles. The fourth-order valence-corrected chi connectivity index (χ4v) is 3.83. The lowest BCUT2D eigenvalue weighted by Crippen LogP contribution is -2.34. The Hall–Kier alpha value is -3.08. The summed E-state index contributed by atoms with van der Waals surface area (Å²) in [6, 6.07) is 15.3. The molecule has 0 aromatic heterocycles. The summed E-state index contributed by atoms with van der Waals surface area (Å²) >= 11 is 0. The van der Waals surface area contributed by atoms with Crippen LogP contribution < -0.4 is 4.74 Å². The van der Waals surface area contributed by atoms with Gasteiger partial charge in [0.2, 0.25) is 0 Å². The molecule has 144 valence electrons. The van der Waals surface area contributed by atoms with Crippen LogP contribution in [0.15, 0.2) is 54.2 Å². The number of methoxy groups -OCH3 is 1. The van der Waals surface area contributed by atoms with E-state index >= 15 is 0 Å². The maximum atomic E-state index is 13.3. The molecule has 5 heteroatoms. The number of rotatable bonds is 5. The second-order valence-corrected chi connectivity index (χ2v) is 7.33. The first-order chi connectivity index (χ1) is 13.6. The zero-order chi connectivity index (χ0) is 19.7. The second kappa shape index (κ2) is 7.50. The van der Waals surface area contributed by atoms with E-state index < -0.39 is 0 Å². The van der Waals surface area contributed by atoms with Crippen molar-refractivity contribution in [3.63, 3.8) is 0 Å². The molecule has 2 aliphatic rings. The van der Waals surface area contributed by atoms with Crippen LogP contribution in [0.5, 0.6) is 5.75 Å². The molecule has 0 bridgehead atoms. The van der Waals surface area contributed by atoms with Crippen molar-refractivity contribution in [1.29, 1.82) is 0 Å². The minimum Gasteiger partial charge on any atom is -0.497 e. The highest BCUT2D eigenvalue weighted by molar-refractivity contribution is 6.35. The Bertz CT molecular complexity index is 923. The lowest BCUT2D eigenvalue weighted by Gasteiger charge is -2.20. The fraction of sp³-hybridized carbons (Fsp3) is 0.304. The Labute approximate surface area is 165 Å². The number of hydrogen-bond acceptors (Lipinski definition) is 4. The average molecular weight is 376 g/mol. The molecule has 2 heterocycles.